The molecule has 0 aromatic carbocycles. The standard InChI is InChI=1S/C10H21NO3S/c1-3-7-15(13,14)8-6-10(12)5-4-9(2)11/h9H,3-8,11H2,1-2H3. The van der Waals surface area contributed by atoms with Crippen molar-refractivity contribution < 1.29 is 13.2 Å². The Bertz CT molecular complexity index is 283. The summed E-state index contributed by atoms with van der Waals surface area (Å²) in [5, 5.41) is 0. The first-order chi connectivity index (χ1) is 6.87. The topological polar surface area (TPSA) is 77.2 Å². The highest BCUT2D eigenvalue weighted by molar-refractivity contribution is 7.91. The first-order valence-electron chi connectivity index (χ1n) is 5.35. The molecule has 0 aliphatic carbocycles. The average molecular weight is 235 g/mol. The molecule has 0 aliphatic rings. The van der Waals surface area contributed by atoms with Gasteiger partial charge in [0.2, 0.25) is 0 Å². The zero-order chi connectivity index (χ0) is 11.9. The molecule has 0 aromatic rings. The number of hydrogen-bond donors (Lipinski definition) is 1. The minimum Gasteiger partial charge on any atom is -0.328 e. The van der Waals surface area contributed by atoms with Gasteiger partial charge in [0.15, 0.2) is 9.84 Å². The molecular weight excluding hydrogens is 214 g/mol. The van der Waals surface area contributed by atoms with Crippen molar-refractivity contribution in [2.24, 2.45) is 5.73 Å². The van der Waals surface area contributed by atoms with Crippen LogP contribution in [0.3, 0.4) is 0 Å². The molecule has 0 rings (SSSR count). The van der Waals surface area contributed by atoms with Crippen molar-refractivity contribution in [2.45, 2.75) is 45.6 Å². The molecule has 1 unspecified atom stereocenters. The van der Waals surface area contributed by atoms with E-state index in [-0.39, 0.29) is 29.8 Å². The van der Waals surface area contributed by atoms with Crippen LogP contribution in [0.2, 0.25) is 0 Å². The average Bonchev–Trinajstić information content (AvgIpc) is 2.11. The van der Waals surface area contributed by atoms with Gasteiger partial charge in [0.05, 0.1) is 5.75 Å². The van der Waals surface area contributed by atoms with E-state index in [1.807, 2.05) is 13.8 Å². The molecule has 0 radical (unpaired) electrons. The second kappa shape index (κ2) is 6.95. The lowest BCUT2D eigenvalue weighted by atomic mass is 10.1. The Hall–Kier alpha value is -0.420. The third kappa shape index (κ3) is 8.57. The maximum Gasteiger partial charge on any atom is 0.150 e. The van der Waals surface area contributed by atoms with Crippen molar-refractivity contribution in [3.63, 3.8) is 0 Å². The van der Waals surface area contributed by atoms with Crippen LogP contribution in [-0.4, -0.2) is 31.7 Å². The molecule has 0 heterocycles. The molecule has 0 fully saturated rings. The Morgan fingerprint density at radius 3 is 2.33 bits per heavy atom. The molecule has 0 aromatic heterocycles. The predicted octanol–water partition coefficient (Wildman–Crippen LogP) is 0.898. The van der Waals surface area contributed by atoms with Gasteiger partial charge < -0.3 is 5.73 Å². The summed E-state index contributed by atoms with van der Waals surface area (Å²) in [6, 6.07) is 0.00111. The van der Waals surface area contributed by atoms with Gasteiger partial charge in [0, 0.05) is 24.6 Å². The van der Waals surface area contributed by atoms with E-state index in [9.17, 15) is 13.2 Å². The molecule has 0 amide bonds. The highest BCUT2D eigenvalue weighted by Crippen LogP contribution is 2.02. The van der Waals surface area contributed by atoms with Gasteiger partial charge >= 0.3 is 0 Å². The smallest absolute Gasteiger partial charge is 0.150 e. The summed E-state index contributed by atoms with van der Waals surface area (Å²) in [5.41, 5.74) is 5.50. The summed E-state index contributed by atoms with van der Waals surface area (Å²) in [4.78, 5) is 11.3. The maximum atomic E-state index is 11.3. The molecule has 5 heteroatoms. The number of carbonyl (C=O) groups is 1. The predicted molar refractivity (Wildman–Crippen MR) is 61.5 cm³/mol. The van der Waals surface area contributed by atoms with Gasteiger partial charge in [-0.1, -0.05) is 6.92 Å². The highest BCUT2D eigenvalue weighted by atomic mass is 32.2. The van der Waals surface area contributed by atoms with Gasteiger partial charge in [0.1, 0.15) is 5.78 Å². The van der Waals surface area contributed by atoms with Gasteiger partial charge in [-0.25, -0.2) is 8.42 Å². The van der Waals surface area contributed by atoms with E-state index in [0.29, 0.717) is 19.3 Å². The fraction of sp³-hybridized carbons (Fsp3) is 0.900. The first-order valence-corrected chi connectivity index (χ1v) is 7.17. The van der Waals surface area contributed by atoms with E-state index in [4.69, 9.17) is 5.73 Å². The molecule has 0 saturated carbocycles. The van der Waals surface area contributed by atoms with Crippen LogP contribution in [0.1, 0.15) is 39.5 Å². The van der Waals surface area contributed by atoms with Crippen LogP contribution in [0.25, 0.3) is 0 Å². The van der Waals surface area contributed by atoms with Crippen molar-refractivity contribution in [1.82, 2.24) is 0 Å². The van der Waals surface area contributed by atoms with E-state index < -0.39 is 9.84 Å². The van der Waals surface area contributed by atoms with Crippen molar-refractivity contribution in [3.8, 4) is 0 Å². The van der Waals surface area contributed by atoms with Gasteiger partial charge in [-0.15, -0.1) is 0 Å². The molecule has 0 bridgehead atoms. The van der Waals surface area contributed by atoms with Gasteiger partial charge in [-0.2, -0.15) is 0 Å². The summed E-state index contributed by atoms with van der Waals surface area (Å²) >= 11 is 0. The van der Waals surface area contributed by atoms with Crippen LogP contribution in [0.4, 0.5) is 0 Å². The van der Waals surface area contributed by atoms with Gasteiger partial charge in [0.25, 0.3) is 0 Å². The van der Waals surface area contributed by atoms with E-state index in [1.165, 1.54) is 0 Å². The number of rotatable bonds is 8. The summed E-state index contributed by atoms with van der Waals surface area (Å²) in [7, 11) is -3.02. The van der Waals surface area contributed by atoms with Crippen molar-refractivity contribution in [2.75, 3.05) is 11.5 Å². The Morgan fingerprint density at radius 2 is 1.87 bits per heavy atom. The van der Waals surface area contributed by atoms with E-state index in [2.05, 4.69) is 0 Å². The normalized spacial score (nSPS) is 13.8. The minimum absolute atomic E-state index is 0.00111. The molecule has 1 atom stereocenters. The number of Topliss-reactive ketones (excluding diaryl/α,β-unsaturated/α-hetero) is 1. The zero-order valence-electron chi connectivity index (χ0n) is 9.53. The minimum atomic E-state index is -3.02. The fourth-order valence-corrected chi connectivity index (χ4v) is 2.56. The molecule has 0 aliphatic heterocycles. The van der Waals surface area contributed by atoms with E-state index in [1.54, 1.807) is 0 Å². The van der Waals surface area contributed by atoms with E-state index in [0.717, 1.165) is 0 Å². The lowest BCUT2D eigenvalue weighted by Gasteiger charge is -2.04. The summed E-state index contributed by atoms with van der Waals surface area (Å²) in [5.74, 6) is 0.151. The van der Waals surface area contributed by atoms with Crippen LogP contribution in [0, 0.1) is 0 Å². The monoisotopic (exact) mass is 235 g/mol. The van der Waals surface area contributed by atoms with Gasteiger partial charge in [-0.3, -0.25) is 4.79 Å². The molecule has 4 nitrogen and oxygen atoms in total. The maximum absolute atomic E-state index is 11.3. The summed E-state index contributed by atoms with van der Waals surface area (Å²) < 4.78 is 22.6. The number of sulfone groups is 1. The summed E-state index contributed by atoms with van der Waals surface area (Å²) in [6.45, 7) is 3.65. The molecule has 90 valence electrons. The van der Waals surface area contributed by atoms with Crippen molar-refractivity contribution in [3.05, 3.63) is 0 Å². The first kappa shape index (κ1) is 14.6. The molecular formula is C10H21NO3S. The Balaban J connectivity index is 3.80. The van der Waals surface area contributed by atoms with Crippen LogP contribution in [-0.2, 0) is 14.6 Å². The largest absolute Gasteiger partial charge is 0.328 e. The van der Waals surface area contributed by atoms with Crippen LogP contribution in [0.5, 0.6) is 0 Å². The van der Waals surface area contributed by atoms with Gasteiger partial charge in [-0.05, 0) is 19.8 Å². The zero-order valence-corrected chi connectivity index (χ0v) is 10.3. The molecule has 0 spiro atoms. The van der Waals surface area contributed by atoms with Crippen LogP contribution < -0.4 is 5.73 Å². The number of nitrogens with two attached hydrogens (primary N) is 1. The third-order valence-electron chi connectivity index (χ3n) is 2.09. The molecule has 0 saturated heterocycles. The number of ketones is 1. The van der Waals surface area contributed by atoms with Crippen LogP contribution in [0.15, 0.2) is 0 Å². The van der Waals surface area contributed by atoms with E-state index >= 15 is 0 Å². The van der Waals surface area contributed by atoms with Crippen molar-refractivity contribution in [1.29, 1.82) is 0 Å². The Morgan fingerprint density at radius 1 is 1.27 bits per heavy atom. The fourth-order valence-electron chi connectivity index (χ4n) is 1.20. The highest BCUT2D eigenvalue weighted by Gasteiger charge is 2.12. The Kier molecular flexibility index (Phi) is 6.76. The number of carbonyl (C=O) groups excluding carboxylic acids is 1. The third-order valence-corrected chi connectivity index (χ3v) is 3.94. The summed E-state index contributed by atoms with van der Waals surface area (Å²) in [6.07, 6.45) is 1.76. The lowest BCUT2D eigenvalue weighted by molar-refractivity contribution is -0.118. The molecule has 2 N–H and O–H groups in total. The van der Waals surface area contributed by atoms with Crippen LogP contribution >= 0.6 is 0 Å². The number of hydrogen-bond acceptors (Lipinski definition) is 4. The second-order valence-electron chi connectivity index (χ2n) is 3.96. The quantitative estimate of drug-likeness (QED) is 0.678. The lowest BCUT2D eigenvalue weighted by Crippen LogP contribution is -2.18. The molecule has 15 heavy (non-hydrogen) atoms. The second-order valence-corrected chi connectivity index (χ2v) is 6.26. The van der Waals surface area contributed by atoms with Crippen molar-refractivity contribution >= 4 is 15.6 Å². The SMILES string of the molecule is CCCS(=O)(=O)CCC(=O)CCC(C)N. The Labute approximate surface area is 92.2 Å².